The Kier molecular flexibility index (Phi) is 5.29. The molecular formula is C13H23N3. The number of nitrogens with zero attached hydrogens (tertiary/aromatic N) is 2. The third kappa shape index (κ3) is 5.14. The van der Waals surface area contributed by atoms with Crippen LogP contribution in [0.15, 0.2) is 24.3 Å². The lowest BCUT2D eigenvalue weighted by atomic mass is 10.1. The first-order valence-corrected chi connectivity index (χ1v) is 5.75. The van der Waals surface area contributed by atoms with Gasteiger partial charge in [-0.2, -0.15) is 0 Å². The maximum atomic E-state index is 5.74. The molecule has 0 atom stereocenters. The van der Waals surface area contributed by atoms with Gasteiger partial charge in [0.2, 0.25) is 0 Å². The quantitative estimate of drug-likeness (QED) is 0.735. The van der Waals surface area contributed by atoms with Gasteiger partial charge < -0.3 is 15.5 Å². The lowest BCUT2D eigenvalue weighted by Crippen LogP contribution is -2.30. The Hall–Kier alpha value is -1.06. The number of anilines is 1. The van der Waals surface area contributed by atoms with E-state index in [2.05, 4.69) is 43.1 Å². The second kappa shape index (κ2) is 6.51. The largest absolute Gasteiger partial charge is 0.399 e. The second-order valence-electron chi connectivity index (χ2n) is 4.60. The molecule has 0 saturated carbocycles. The van der Waals surface area contributed by atoms with Crippen LogP contribution in [-0.4, -0.2) is 50.6 Å². The Morgan fingerprint density at radius 1 is 1.06 bits per heavy atom. The molecule has 0 saturated heterocycles. The van der Waals surface area contributed by atoms with E-state index in [0.717, 1.165) is 31.7 Å². The van der Waals surface area contributed by atoms with Crippen molar-refractivity contribution in [3.63, 3.8) is 0 Å². The highest BCUT2D eigenvalue weighted by molar-refractivity contribution is 5.40. The van der Waals surface area contributed by atoms with E-state index in [1.807, 2.05) is 12.1 Å². The summed E-state index contributed by atoms with van der Waals surface area (Å²) in [6.45, 7) is 3.29. The van der Waals surface area contributed by atoms with E-state index in [-0.39, 0.29) is 0 Å². The fraction of sp³-hybridized carbons (Fsp3) is 0.538. The Morgan fingerprint density at radius 2 is 1.81 bits per heavy atom. The van der Waals surface area contributed by atoms with Crippen LogP contribution in [0.5, 0.6) is 0 Å². The Bertz CT molecular complexity index is 310. The van der Waals surface area contributed by atoms with E-state index < -0.39 is 0 Å². The summed E-state index contributed by atoms with van der Waals surface area (Å²) >= 11 is 0. The fourth-order valence-electron chi connectivity index (χ4n) is 1.55. The number of nitrogens with two attached hydrogens (primary N) is 1. The van der Waals surface area contributed by atoms with Crippen molar-refractivity contribution in [3.05, 3.63) is 29.8 Å². The van der Waals surface area contributed by atoms with Crippen LogP contribution in [0.2, 0.25) is 0 Å². The molecule has 0 heterocycles. The maximum absolute atomic E-state index is 5.74. The number of hydrogen-bond acceptors (Lipinski definition) is 3. The molecule has 3 nitrogen and oxygen atoms in total. The number of hydrogen-bond donors (Lipinski definition) is 1. The van der Waals surface area contributed by atoms with E-state index >= 15 is 0 Å². The molecule has 1 rings (SSSR count). The molecule has 1 aromatic carbocycles. The summed E-state index contributed by atoms with van der Waals surface area (Å²) in [6, 6.07) is 8.14. The second-order valence-corrected chi connectivity index (χ2v) is 4.60. The van der Waals surface area contributed by atoms with Crippen molar-refractivity contribution in [1.29, 1.82) is 0 Å². The van der Waals surface area contributed by atoms with Crippen molar-refractivity contribution in [2.45, 2.75) is 6.42 Å². The van der Waals surface area contributed by atoms with Crippen LogP contribution < -0.4 is 5.73 Å². The summed E-state index contributed by atoms with van der Waals surface area (Å²) < 4.78 is 0. The number of benzene rings is 1. The average Bonchev–Trinajstić information content (AvgIpc) is 2.23. The molecule has 0 fully saturated rings. The summed E-state index contributed by atoms with van der Waals surface area (Å²) in [7, 11) is 6.37. The monoisotopic (exact) mass is 221 g/mol. The number of nitrogen functional groups attached to an aromatic ring is 1. The van der Waals surface area contributed by atoms with Crippen LogP contribution in [-0.2, 0) is 6.42 Å². The normalized spacial score (nSPS) is 11.3. The Balaban J connectivity index is 2.28. The first kappa shape index (κ1) is 13.0. The molecule has 90 valence electrons. The van der Waals surface area contributed by atoms with Crippen molar-refractivity contribution in [2.24, 2.45) is 0 Å². The summed E-state index contributed by atoms with van der Waals surface area (Å²) in [6.07, 6.45) is 1.06. The van der Waals surface area contributed by atoms with Crippen molar-refractivity contribution in [1.82, 2.24) is 9.80 Å². The van der Waals surface area contributed by atoms with Gasteiger partial charge in [-0.1, -0.05) is 12.1 Å². The summed E-state index contributed by atoms with van der Waals surface area (Å²) in [5.74, 6) is 0. The van der Waals surface area contributed by atoms with E-state index in [4.69, 9.17) is 5.73 Å². The molecule has 0 aromatic heterocycles. The molecule has 0 bridgehead atoms. The minimum atomic E-state index is 0.855. The van der Waals surface area contributed by atoms with Crippen molar-refractivity contribution >= 4 is 5.69 Å². The predicted molar refractivity (Wildman–Crippen MR) is 70.6 cm³/mol. The lowest BCUT2D eigenvalue weighted by Gasteiger charge is -2.19. The molecule has 1 aromatic rings. The summed E-state index contributed by atoms with van der Waals surface area (Å²) in [5.41, 5.74) is 7.91. The highest BCUT2D eigenvalue weighted by atomic mass is 15.1. The molecule has 0 aliphatic rings. The highest BCUT2D eigenvalue weighted by Crippen LogP contribution is 2.07. The molecular weight excluding hydrogens is 198 g/mol. The van der Waals surface area contributed by atoms with Gasteiger partial charge in [-0.15, -0.1) is 0 Å². The molecule has 0 spiro atoms. The van der Waals surface area contributed by atoms with Crippen molar-refractivity contribution in [3.8, 4) is 0 Å². The number of rotatable bonds is 6. The maximum Gasteiger partial charge on any atom is 0.0316 e. The zero-order valence-corrected chi connectivity index (χ0v) is 10.6. The Morgan fingerprint density at radius 3 is 2.44 bits per heavy atom. The van der Waals surface area contributed by atoms with Crippen LogP contribution in [0.25, 0.3) is 0 Å². The molecule has 0 amide bonds. The Labute approximate surface area is 98.8 Å². The van der Waals surface area contributed by atoms with Gasteiger partial charge in [-0.25, -0.2) is 0 Å². The van der Waals surface area contributed by atoms with E-state index in [9.17, 15) is 0 Å². The smallest absolute Gasteiger partial charge is 0.0316 e. The van der Waals surface area contributed by atoms with Gasteiger partial charge in [0.15, 0.2) is 0 Å². The fourth-order valence-corrected chi connectivity index (χ4v) is 1.55. The third-order valence-corrected chi connectivity index (χ3v) is 2.66. The van der Waals surface area contributed by atoms with Crippen LogP contribution in [0.4, 0.5) is 5.69 Å². The zero-order chi connectivity index (χ0) is 12.0. The van der Waals surface area contributed by atoms with Crippen LogP contribution in [0.3, 0.4) is 0 Å². The van der Waals surface area contributed by atoms with Gasteiger partial charge in [0.05, 0.1) is 0 Å². The molecule has 16 heavy (non-hydrogen) atoms. The minimum Gasteiger partial charge on any atom is -0.399 e. The SMILES string of the molecule is CN(C)CCN(C)CCc1cccc(N)c1. The van der Waals surface area contributed by atoms with Gasteiger partial charge >= 0.3 is 0 Å². The van der Waals surface area contributed by atoms with E-state index in [1.54, 1.807) is 0 Å². The molecule has 0 aliphatic heterocycles. The third-order valence-electron chi connectivity index (χ3n) is 2.66. The molecule has 0 aliphatic carbocycles. The zero-order valence-electron chi connectivity index (χ0n) is 10.6. The topological polar surface area (TPSA) is 32.5 Å². The average molecular weight is 221 g/mol. The highest BCUT2D eigenvalue weighted by Gasteiger charge is 2.00. The first-order valence-electron chi connectivity index (χ1n) is 5.75. The first-order chi connectivity index (χ1) is 7.58. The summed E-state index contributed by atoms with van der Waals surface area (Å²) in [4.78, 5) is 4.56. The van der Waals surface area contributed by atoms with E-state index in [0.29, 0.717) is 0 Å². The van der Waals surface area contributed by atoms with Crippen molar-refractivity contribution in [2.75, 3.05) is 46.5 Å². The van der Waals surface area contributed by atoms with Crippen LogP contribution in [0, 0.1) is 0 Å². The molecule has 2 N–H and O–H groups in total. The van der Waals surface area contributed by atoms with Gasteiger partial charge in [-0.05, 0) is 45.3 Å². The lowest BCUT2D eigenvalue weighted by molar-refractivity contribution is 0.284. The van der Waals surface area contributed by atoms with Gasteiger partial charge in [0, 0.05) is 25.3 Å². The molecule has 3 heteroatoms. The predicted octanol–water partition coefficient (Wildman–Crippen LogP) is 1.30. The van der Waals surface area contributed by atoms with Gasteiger partial charge in [-0.3, -0.25) is 0 Å². The minimum absolute atomic E-state index is 0.855. The summed E-state index contributed by atoms with van der Waals surface area (Å²) in [5, 5.41) is 0. The van der Waals surface area contributed by atoms with Crippen LogP contribution in [0.1, 0.15) is 5.56 Å². The van der Waals surface area contributed by atoms with Crippen LogP contribution >= 0.6 is 0 Å². The van der Waals surface area contributed by atoms with Gasteiger partial charge in [0.25, 0.3) is 0 Å². The standard InChI is InChI=1S/C13H23N3/c1-15(2)9-10-16(3)8-7-12-5-4-6-13(14)11-12/h4-6,11H,7-10,14H2,1-3H3. The molecule has 0 unspecified atom stereocenters. The van der Waals surface area contributed by atoms with Crippen molar-refractivity contribution < 1.29 is 0 Å². The van der Waals surface area contributed by atoms with E-state index in [1.165, 1.54) is 5.56 Å². The van der Waals surface area contributed by atoms with Gasteiger partial charge in [0.1, 0.15) is 0 Å². The number of likely N-dealkylation sites (N-methyl/N-ethyl adjacent to an activating group) is 2. The molecule has 0 radical (unpaired) electrons.